The molecule has 1 aliphatic heterocycles. The van der Waals surface area contributed by atoms with Crippen molar-refractivity contribution in [2.75, 3.05) is 25.0 Å². The van der Waals surface area contributed by atoms with E-state index in [0.29, 0.717) is 12.5 Å². The number of aryl methyl sites for hydroxylation is 1. The van der Waals surface area contributed by atoms with Crippen LogP contribution >= 0.6 is 0 Å². The quantitative estimate of drug-likeness (QED) is 0.643. The maximum Gasteiger partial charge on any atom is 0.246 e. The fourth-order valence-corrected chi connectivity index (χ4v) is 3.33. The van der Waals surface area contributed by atoms with Crippen molar-refractivity contribution in [3.63, 3.8) is 0 Å². The third kappa shape index (κ3) is 4.04. The van der Waals surface area contributed by atoms with Crippen molar-refractivity contribution < 1.29 is 4.79 Å². The molecule has 0 atom stereocenters. The smallest absolute Gasteiger partial charge is 0.246 e. The van der Waals surface area contributed by atoms with E-state index in [1.807, 2.05) is 29.2 Å². The van der Waals surface area contributed by atoms with Gasteiger partial charge in [-0.05, 0) is 35.6 Å². The number of rotatable bonds is 5. The van der Waals surface area contributed by atoms with E-state index in [1.54, 1.807) is 7.05 Å². The average Bonchev–Trinajstić information content (AvgIpc) is 3.12. The van der Waals surface area contributed by atoms with E-state index in [1.165, 1.54) is 16.7 Å². The molecule has 0 bridgehead atoms. The van der Waals surface area contributed by atoms with Gasteiger partial charge in [-0.3, -0.25) is 9.79 Å². The highest BCUT2D eigenvalue weighted by molar-refractivity contribution is 5.98. The molecule has 5 heteroatoms. The zero-order chi connectivity index (χ0) is 18.4. The number of fused-ring (bicyclic) bond motifs is 1. The number of carbonyl (C=O) groups excluding carboxylic acids is 1. The van der Waals surface area contributed by atoms with Crippen LogP contribution in [0.25, 0.3) is 0 Å². The van der Waals surface area contributed by atoms with E-state index in [-0.39, 0.29) is 12.5 Å². The number of aliphatic imine (C=N–C) groups is 1. The largest absolute Gasteiger partial charge is 0.352 e. The number of amides is 1. The average molecular weight is 350 g/mol. The van der Waals surface area contributed by atoms with E-state index in [0.717, 1.165) is 25.1 Å². The molecule has 26 heavy (non-hydrogen) atoms. The lowest BCUT2D eigenvalue weighted by atomic mass is 10.1. The van der Waals surface area contributed by atoms with Gasteiger partial charge in [-0.2, -0.15) is 0 Å². The normalized spacial score (nSPS) is 13.5. The Hall–Kier alpha value is -2.82. The van der Waals surface area contributed by atoms with Gasteiger partial charge in [0.05, 0.1) is 6.54 Å². The van der Waals surface area contributed by atoms with Gasteiger partial charge < -0.3 is 15.5 Å². The van der Waals surface area contributed by atoms with Crippen LogP contribution in [0.1, 0.15) is 23.6 Å². The summed E-state index contributed by atoms with van der Waals surface area (Å²) in [6, 6.07) is 16.4. The van der Waals surface area contributed by atoms with Crippen molar-refractivity contribution in [3.05, 3.63) is 65.2 Å². The van der Waals surface area contributed by atoms with Gasteiger partial charge in [0.2, 0.25) is 5.91 Å². The molecule has 0 fully saturated rings. The Kier molecular flexibility index (Phi) is 5.89. The van der Waals surface area contributed by atoms with Crippen molar-refractivity contribution in [3.8, 4) is 0 Å². The lowest BCUT2D eigenvalue weighted by molar-refractivity contribution is -0.117. The van der Waals surface area contributed by atoms with Crippen LogP contribution in [0.5, 0.6) is 0 Å². The number of hydrogen-bond acceptors (Lipinski definition) is 2. The lowest BCUT2D eigenvalue weighted by Crippen LogP contribution is -2.44. The monoisotopic (exact) mass is 350 g/mol. The first-order valence-electron chi connectivity index (χ1n) is 9.12. The van der Waals surface area contributed by atoms with Gasteiger partial charge in [0.1, 0.15) is 0 Å². The predicted octanol–water partition coefficient (Wildman–Crippen LogP) is 2.50. The van der Waals surface area contributed by atoms with Gasteiger partial charge in [-0.1, -0.05) is 49.4 Å². The maximum atomic E-state index is 12.6. The second kappa shape index (κ2) is 8.52. The zero-order valence-electron chi connectivity index (χ0n) is 15.5. The number of benzene rings is 2. The van der Waals surface area contributed by atoms with Gasteiger partial charge in [-0.25, -0.2) is 0 Å². The Morgan fingerprint density at radius 1 is 1.08 bits per heavy atom. The standard InChI is InChI=1S/C21H26N4O/c1-3-16-8-4-5-10-18(16)14-23-21(22-2)24-15-20(26)25-13-12-17-9-6-7-11-19(17)25/h4-11H,3,12-15H2,1-2H3,(H2,22,23,24). The minimum absolute atomic E-state index is 0.0619. The highest BCUT2D eigenvalue weighted by Crippen LogP contribution is 2.27. The number of para-hydroxylation sites is 1. The molecule has 136 valence electrons. The molecule has 0 saturated heterocycles. The summed E-state index contributed by atoms with van der Waals surface area (Å²) in [5, 5.41) is 6.43. The Labute approximate surface area is 155 Å². The molecule has 0 aliphatic carbocycles. The molecule has 3 rings (SSSR count). The van der Waals surface area contributed by atoms with Gasteiger partial charge in [0.25, 0.3) is 0 Å². The molecule has 2 N–H and O–H groups in total. The Morgan fingerprint density at radius 2 is 1.81 bits per heavy atom. The highest BCUT2D eigenvalue weighted by atomic mass is 16.2. The molecule has 0 unspecified atom stereocenters. The molecule has 0 spiro atoms. The molecule has 1 aliphatic rings. The van der Waals surface area contributed by atoms with Crippen molar-refractivity contribution in [1.29, 1.82) is 0 Å². The first kappa shape index (κ1) is 18.0. The topological polar surface area (TPSA) is 56.7 Å². The van der Waals surface area contributed by atoms with Crippen LogP contribution < -0.4 is 15.5 Å². The van der Waals surface area contributed by atoms with Crippen molar-refractivity contribution >= 4 is 17.6 Å². The minimum Gasteiger partial charge on any atom is -0.352 e. The number of anilines is 1. The molecular weight excluding hydrogens is 324 g/mol. The molecule has 1 heterocycles. The molecule has 2 aromatic rings. The molecule has 0 saturated carbocycles. The van der Waals surface area contributed by atoms with E-state index in [4.69, 9.17) is 0 Å². The molecular formula is C21H26N4O. The first-order valence-corrected chi connectivity index (χ1v) is 9.12. The van der Waals surface area contributed by atoms with Crippen LogP contribution in [0.3, 0.4) is 0 Å². The predicted molar refractivity (Wildman–Crippen MR) is 107 cm³/mol. The summed E-state index contributed by atoms with van der Waals surface area (Å²) in [5.74, 6) is 0.698. The van der Waals surface area contributed by atoms with E-state index in [2.05, 4.69) is 46.8 Å². The first-order chi connectivity index (χ1) is 12.7. The summed E-state index contributed by atoms with van der Waals surface area (Å²) < 4.78 is 0. The van der Waals surface area contributed by atoms with E-state index in [9.17, 15) is 4.79 Å². The van der Waals surface area contributed by atoms with E-state index >= 15 is 0 Å². The Morgan fingerprint density at radius 3 is 2.58 bits per heavy atom. The summed E-state index contributed by atoms with van der Waals surface area (Å²) >= 11 is 0. The molecule has 5 nitrogen and oxygen atoms in total. The fourth-order valence-electron chi connectivity index (χ4n) is 3.33. The molecule has 1 amide bonds. The van der Waals surface area contributed by atoms with Crippen molar-refractivity contribution in [1.82, 2.24) is 10.6 Å². The number of nitrogens with zero attached hydrogens (tertiary/aromatic N) is 2. The van der Waals surface area contributed by atoms with Crippen LogP contribution in [-0.2, 0) is 24.2 Å². The van der Waals surface area contributed by atoms with Crippen molar-refractivity contribution in [2.24, 2.45) is 4.99 Å². The fraction of sp³-hybridized carbons (Fsp3) is 0.333. The molecule has 2 aromatic carbocycles. The molecule has 0 aromatic heterocycles. The Balaban J connectivity index is 1.54. The van der Waals surface area contributed by atoms with Gasteiger partial charge in [0, 0.05) is 25.8 Å². The van der Waals surface area contributed by atoms with Gasteiger partial charge in [-0.15, -0.1) is 0 Å². The highest BCUT2D eigenvalue weighted by Gasteiger charge is 2.23. The van der Waals surface area contributed by atoms with E-state index < -0.39 is 0 Å². The summed E-state index contributed by atoms with van der Waals surface area (Å²) in [6.45, 7) is 3.81. The zero-order valence-corrected chi connectivity index (χ0v) is 15.5. The Bertz CT molecular complexity index is 800. The SMILES string of the molecule is CCc1ccccc1CNC(=NC)NCC(=O)N1CCc2ccccc21. The maximum absolute atomic E-state index is 12.6. The number of nitrogens with one attached hydrogen (secondary N) is 2. The number of hydrogen-bond donors (Lipinski definition) is 2. The second-order valence-electron chi connectivity index (χ2n) is 6.33. The second-order valence-corrected chi connectivity index (χ2v) is 6.33. The summed E-state index contributed by atoms with van der Waals surface area (Å²) in [5.41, 5.74) is 4.83. The van der Waals surface area contributed by atoms with Crippen LogP contribution in [0, 0.1) is 0 Å². The third-order valence-electron chi connectivity index (χ3n) is 4.76. The molecule has 0 radical (unpaired) electrons. The van der Waals surface area contributed by atoms with Crippen LogP contribution in [0.15, 0.2) is 53.5 Å². The number of guanidine groups is 1. The van der Waals surface area contributed by atoms with Gasteiger partial charge >= 0.3 is 0 Å². The van der Waals surface area contributed by atoms with Gasteiger partial charge in [0.15, 0.2) is 5.96 Å². The third-order valence-corrected chi connectivity index (χ3v) is 4.76. The van der Waals surface area contributed by atoms with Crippen LogP contribution in [0.4, 0.5) is 5.69 Å². The lowest BCUT2D eigenvalue weighted by Gasteiger charge is -2.19. The number of carbonyl (C=O) groups is 1. The summed E-state index contributed by atoms with van der Waals surface area (Å²) in [7, 11) is 1.72. The van der Waals surface area contributed by atoms with Crippen molar-refractivity contribution in [2.45, 2.75) is 26.3 Å². The minimum atomic E-state index is 0.0619. The van der Waals surface area contributed by atoms with Crippen LogP contribution in [0.2, 0.25) is 0 Å². The summed E-state index contributed by atoms with van der Waals surface area (Å²) in [6.07, 6.45) is 1.92. The summed E-state index contributed by atoms with van der Waals surface area (Å²) in [4.78, 5) is 18.7. The van der Waals surface area contributed by atoms with Crippen LogP contribution in [-0.4, -0.2) is 32.0 Å².